The second kappa shape index (κ2) is 6.10. The average Bonchev–Trinajstić information content (AvgIpc) is 3.21. The van der Waals surface area contributed by atoms with E-state index in [2.05, 4.69) is 5.92 Å². The van der Waals surface area contributed by atoms with Crippen LogP contribution in [0.25, 0.3) is 0 Å². The number of carbonyl (C=O) groups excluding carboxylic acids is 1. The van der Waals surface area contributed by atoms with E-state index in [1.54, 1.807) is 4.90 Å². The Kier molecular flexibility index (Phi) is 4.47. The van der Waals surface area contributed by atoms with Crippen molar-refractivity contribution in [2.24, 2.45) is 17.8 Å². The van der Waals surface area contributed by atoms with Gasteiger partial charge >= 0.3 is 5.97 Å². The van der Waals surface area contributed by atoms with Gasteiger partial charge in [-0.25, -0.2) is 0 Å². The van der Waals surface area contributed by atoms with Gasteiger partial charge < -0.3 is 10.0 Å². The van der Waals surface area contributed by atoms with Crippen molar-refractivity contribution in [1.82, 2.24) is 4.90 Å². The summed E-state index contributed by atoms with van der Waals surface area (Å²) in [5.41, 5.74) is 0. The minimum absolute atomic E-state index is 0.0656. The zero-order chi connectivity index (χ0) is 13.8. The molecular weight excluding hydrogens is 242 g/mol. The lowest BCUT2D eigenvalue weighted by atomic mass is 9.80. The Labute approximate surface area is 114 Å². The molecule has 19 heavy (non-hydrogen) atoms. The van der Waals surface area contributed by atoms with Gasteiger partial charge in [-0.2, -0.15) is 0 Å². The van der Waals surface area contributed by atoms with Gasteiger partial charge in [-0.15, -0.1) is 6.42 Å². The van der Waals surface area contributed by atoms with Crippen LogP contribution in [0.4, 0.5) is 0 Å². The maximum atomic E-state index is 12.5. The summed E-state index contributed by atoms with van der Waals surface area (Å²) in [6.07, 6.45) is 10.5. The smallest absolute Gasteiger partial charge is 0.306 e. The highest BCUT2D eigenvalue weighted by Crippen LogP contribution is 2.33. The summed E-state index contributed by atoms with van der Waals surface area (Å²) in [5.74, 6) is 1.93. The van der Waals surface area contributed by atoms with E-state index in [9.17, 15) is 9.59 Å². The van der Waals surface area contributed by atoms with E-state index in [4.69, 9.17) is 11.5 Å². The standard InChI is InChI=1S/C15H21NO3/c1-2-8-16(10-11-6-7-11)14(17)12-4-3-5-13(9-12)15(18)19/h1,11-13H,3-10H2,(H,18,19). The minimum Gasteiger partial charge on any atom is -0.481 e. The van der Waals surface area contributed by atoms with Crippen molar-refractivity contribution >= 4 is 11.9 Å². The largest absolute Gasteiger partial charge is 0.481 e. The number of carboxylic acid groups (broad SMARTS) is 1. The Morgan fingerprint density at radius 2 is 1.89 bits per heavy atom. The molecule has 1 amide bonds. The van der Waals surface area contributed by atoms with Crippen molar-refractivity contribution in [3.8, 4) is 12.3 Å². The fourth-order valence-corrected chi connectivity index (χ4v) is 2.85. The number of hydrogen-bond donors (Lipinski definition) is 1. The predicted molar refractivity (Wildman–Crippen MR) is 71.2 cm³/mol. The molecule has 0 radical (unpaired) electrons. The molecule has 1 N–H and O–H groups in total. The van der Waals surface area contributed by atoms with Gasteiger partial charge in [0.25, 0.3) is 0 Å². The lowest BCUT2D eigenvalue weighted by Gasteiger charge is -2.30. The van der Waals surface area contributed by atoms with Gasteiger partial charge in [0, 0.05) is 12.5 Å². The molecule has 2 rings (SSSR count). The van der Waals surface area contributed by atoms with Gasteiger partial charge in [0.1, 0.15) is 0 Å². The Bertz CT molecular complexity index is 395. The Balaban J connectivity index is 1.95. The summed E-state index contributed by atoms with van der Waals surface area (Å²) < 4.78 is 0. The van der Waals surface area contributed by atoms with Gasteiger partial charge in [0.2, 0.25) is 5.91 Å². The fraction of sp³-hybridized carbons (Fsp3) is 0.733. The first-order chi connectivity index (χ1) is 9.11. The van der Waals surface area contributed by atoms with E-state index >= 15 is 0 Å². The number of aliphatic carboxylic acids is 1. The van der Waals surface area contributed by atoms with Crippen LogP contribution in [-0.2, 0) is 9.59 Å². The number of carboxylic acids is 1. The third-order valence-electron chi connectivity index (χ3n) is 4.14. The number of nitrogens with zero attached hydrogens (tertiary/aromatic N) is 1. The van der Waals surface area contributed by atoms with Crippen molar-refractivity contribution in [3.05, 3.63) is 0 Å². The van der Waals surface area contributed by atoms with Crippen LogP contribution in [0.1, 0.15) is 38.5 Å². The van der Waals surface area contributed by atoms with Crippen molar-refractivity contribution in [1.29, 1.82) is 0 Å². The molecule has 2 unspecified atom stereocenters. The number of carbonyl (C=O) groups is 2. The molecule has 0 aromatic carbocycles. The summed E-state index contributed by atoms with van der Waals surface area (Å²) >= 11 is 0. The average molecular weight is 263 g/mol. The van der Waals surface area contributed by atoms with E-state index < -0.39 is 5.97 Å². The lowest BCUT2D eigenvalue weighted by molar-refractivity contribution is -0.145. The zero-order valence-electron chi connectivity index (χ0n) is 11.2. The molecule has 2 atom stereocenters. The first-order valence-corrected chi connectivity index (χ1v) is 7.07. The van der Waals surface area contributed by atoms with Gasteiger partial charge in [-0.3, -0.25) is 9.59 Å². The molecule has 0 aromatic rings. The molecule has 0 bridgehead atoms. The highest BCUT2D eigenvalue weighted by Gasteiger charge is 2.34. The molecule has 2 aliphatic rings. The summed E-state index contributed by atoms with van der Waals surface area (Å²) in [4.78, 5) is 25.3. The van der Waals surface area contributed by atoms with Crippen LogP contribution in [0, 0.1) is 30.1 Å². The van der Waals surface area contributed by atoms with Crippen molar-refractivity contribution < 1.29 is 14.7 Å². The normalized spacial score (nSPS) is 26.5. The Morgan fingerprint density at radius 1 is 1.21 bits per heavy atom. The van der Waals surface area contributed by atoms with E-state index in [-0.39, 0.29) is 17.7 Å². The van der Waals surface area contributed by atoms with Gasteiger partial charge in [0.05, 0.1) is 12.5 Å². The summed E-state index contributed by atoms with van der Waals surface area (Å²) in [7, 11) is 0. The number of amides is 1. The van der Waals surface area contributed by atoms with Crippen LogP contribution in [0.2, 0.25) is 0 Å². The second-order valence-electron chi connectivity index (χ2n) is 5.76. The quantitative estimate of drug-likeness (QED) is 0.769. The van der Waals surface area contributed by atoms with Crippen molar-refractivity contribution in [2.75, 3.05) is 13.1 Å². The first-order valence-electron chi connectivity index (χ1n) is 7.07. The van der Waals surface area contributed by atoms with Crippen LogP contribution in [-0.4, -0.2) is 35.0 Å². The fourth-order valence-electron chi connectivity index (χ4n) is 2.85. The molecule has 0 spiro atoms. The third kappa shape index (κ3) is 3.73. The van der Waals surface area contributed by atoms with Crippen molar-refractivity contribution in [3.63, 3.8) is 0 Å². The molecule has 2 saturated carbocycles. The third-order valence-corrected chi connectivity index (χ3v) is 4.14. The number of hydrogen-bond acceptors (Lipinski definition) is 2. The van der Waals surface area contributed by atoms with E-state index in [1.165, 1.54) is 12.8 Å². The van der Waals surface area contributed by atoms with Crippen LogP contribution in [0.15, 0.2) is 0 Å². The summed E-state index contributed by atoms with van der Waals surface area (Å²) in [5, 5.41) is 9.08. The predicted octanol–water partition coefficient (Wildman–Crippen LogP) is 1.75. The van der Waals surface area contributed by atoms with Crippen LogP contribution in [0.5, 0.6) is 0 Å². The Hall–Kier alpha value is -1.50. The van der Waals surface area contributed by atoms with E-state index in [0.717, 1.165) is 19.4 Å². The molecule has 4 nitrogen and oxygen atoms in total. The van der Waals surface area contributed by atoms with Crippen LogP contribution >= 0.6 is 0 Å². The Morgan fingerprint density at radius 3 is 2.47 bits per heavy atom. The molecule has 4 heteroatoms. The second-order valence-corrected chi connectivity index (χ2v) is 5.76. The maximum absolute atomic E-state index is 12.5. The number of rotatable bonds is 5. The molecule has 0 aliphatic heterocycles. The molecular formula is C15H21NO3. The minimum atomic E-state index is -0.775. The highest BCUT2D eigenvalue weighted by atomic mass is 16.4. The van der Waals surface area contributed by atoms with Gasteiger partial charge in [0.15, 0.2) is 0 Å². The van der Waals surface area contributed by atoms with E-state index in [0.29, 0.717) is 25.3 Å². The number of terminal acetylenes is 1. The molecule has 0 saturated heterocycles. The molecule has 104 valence electrons. The lowest BCUT2D eigenvalue weighted by Crippen LogP contribution is -2.40. The van der Waals surface area contributed by atoms with Crippen molar-refractivity contribution in [2.45, 2.75) is 38.5 Å². The highest BCUT2D eigenvalue weighted by molar-refractivity contribution is 5.80. The summed E-state index contributed by atoms with van der Waals surface area (Å²) in [6, 6.07) is 0. The monoisotopic (exact) mass is 263 g/mol. The van der Waals surface area contributed by atoms with E-state index in [1.807, 2.05) is 0 Å². The van der Waals surface area contributed by atoms with Crippen LogP contribution < -0.4 is 0 Å². The first kappa shape index (κ1) is 13.9. The summed E-state index contributed by atoms with van der Waals surface area (Å²) in [6.45, 7) is 1.10. The molecule has 0 aromatic heterocycles. The van der Waals surface area contributed by atoms with Gasteiger partial charge in [-0.1, -0.05) is 12.3 Å². The zero-order valence-corrected chi connectivity index (χ0v) is 11.2. The topological polar surface area (TPSA) is 57.6 Å². The molecule has 2 fully saturated rings. The van der Waals surface area contributed by atoms with Crippen LogP contribution in [0.3, 0.4) is 0 Å². The maximum Gasteiger partial charge on any atom is 0.306 e. The SMILES string of the molecule is C#CCN(CC1CC1)C(=O)C1CCCC(C(=O)O)C1. The molecule has 0 heterocycles. The molecule has 2 aliphatic carbocycles. The van der Waals surface area contributed by atoms with Gasteiger partial charge in [-0.05, 0) is 38.0 Å².